The van der Waals surface area contributed by atoms with Crippen molar-refractivity contribution in [2.75, 3.05) is 7.11 Å². The van der Waals surface area contributed by atoms with Crippen LogP contribution in [0.1, 0.15) is 25.4 Å². The quantitative estimate of drug-likeness (QED) is 0.738. The SMILES string of the molecule is CCc1nc(C)c2c(=O)n(CC)c3ccc(OC)nc3n12. The molecule has 3 rings (SSSR count). The van der Waals surface area contributed by atoms with Gasteiger partial charge in [0, 0.05) is 19.0 Å². The molecule has 0 fully saturated rings. The second-order valence-electron chi connectivity index (χ2n) is 4.90. The first-order valence-corrected chi connectivity index (χ1v) is 7.07. The predicted octanol–water partition coefficient (Wildman–Crippen LogP) is 1.94. The third-order valence-corrected chi connectivity index (χ3v) is 3.74. The van der Waals surface area contributed by atoms with Gasteiger partial charge in [-0.3, -0.25) is 9.20 Å². The molecule has 3 aromatic rings. The molecule has 0 amide bonds. The number of methoxy groups -OCH3 is 1. The monoisotopic (exact) mass is 286 g/mol. The Kier molecular flexibility index (Phi) is 3.16. The molecule has 0 aliphatic carbocycles. The number of ether oxygens (including phenoxy) is 1. The molecular formula is C15H18N4O2. The van der Waals surface area contributed by atoms with Gasteiger partial charge in [0.25, 0.3) is 5.56 Å². The first-order valence-electron chi connectivity index (χ1n) is 7.07. The van der Waals surface area contributed by atoms with Crippen LogP contribution < -0.4 is 10.3 Å². The topological polar surface area (TPSA) is 61.4 Å². The van der Waals surface area contributed by atoms with Crippen molar-refractivity contribution in [3.63, 3.8) is 0 Å². The Bertz CT molecular complexity index is 892. The van der Waals surface area contributed by atoms with Gasteiger partial charge in [-0.25, -0.2) is 4.98 Å². The van der Waals surface area contributed by atoms with Gasteiger partial charge < -0.3 is 9.30 Å². The normalized spacial score (nSPS) is 11.4. The number of pyridine rings is 1. The van der Waals surface area contributed by atoms with E-state index in [1.54, 1.807) is 17.7 Å². The fourth-order valence-corrected chi connectivity index (χ4v) is 2.77. The lowest BCUT2D eigenvalue weighted by Gasteiger charge is -2.11. The molecule has 110 valence electrons. The molecular weight excluding hydrogens is 268 g/mol. The zero-order valence-electron chi connectivity index (χ0n) is 12.7. The summed E-state index contributed by atoms with van der Waals surface area (Å²) in [5.74, 6) is 1.37. The molecule has 0 spiro atoms. The molecule has 0 unspecified atom stereocenters. The number of nitrogens with zero attached hydrogens (tertiary/aromatic N) is 4. The lowest BCUT2D eigenvalue weighted by atomic mass is 10.3. The van der Waals surface area contributed by atoms with Crippen molar-refractivity contribution in [2.24, 2.45) is 0 Å². The number of hydrogen-bond donors (Lipinski definition) is 0. The third-order valence-electron chi connectivity index (χ3n) is 3.74. The van der Waals surface area contributed by atoms with Crippen LogP contribution in [-0.4, -0.2) is 26.0 Å². The first-order chi connectivity index (χ1) is 10.1. The van der Waals surface area contributed by atoms with Crippen molar-refractivity contribution in [3.8, 4) is 5.88 Å². The summed E-state index contributed by atoms with van der Waals surface area (Å²) in [6.45, 7) is 6.42. The second-order valence-corrected chi connectivity index (χ2v) is 4.90. The van der Waals surface area contributed by atoms with Crippen LogP contribution in [0, 0.1) is 6.92 Å². The van der Waals surface area contributed by atoms with E-state index < -0.39 is 0 Å². The lowest BCUT2D eigenvalue weighted by molar-refractivity contribution is 0.399. The Labute approximate surface area is 122 Å². The molecule has 21 heavy (non-hydrogen) atoms. The van der Waals surface area contributed by atoms with Gasteiger partial charge in [0.1, 0.15) is 11.3 Å². The fraction of sp³-hybridized carbons (Fsp3) is 0.400. The molecule has 0 aromatic carbocycles. The number of aromatic nitrogens is 4. The van der Waals surface area contributed by atoms with E-state index in [-0.39, 0.29) is 5.56 Å². The third kappa shape index (κ3) is 1.82. The minimum atomic E-state index is -0.0262. The Hall–Kier alpha value is -2.37. The van der Waals surface area contributed by atoms with Gasteiger partial charge >= 0.3 is 0 Å². The summed E-state index contributed by atoms with van der Waals surface area (Å²) in [4.78, 5) is 21.8. The summed E-state index contributed by atoms with van der Waals surface area (Å²) < 4.78 is 8.81. The van der Waals surface area contributed by atoms with E-state index >= 15 is 0 Å². The highest BCUT2D eigenvalue weighted by Gasteiger charge is 2.17. The van der Waals surface area contributed by atoms with Gasteiger partial charge in [-0.2, -0.15) is 4.98 Å². The zero-order chi connectivity index (χ0) is 15.1. The van der Waals surface area contributed by atoms with Gasteiger partial charge in [0.2, 0.25) is 5.88 Å². The number of hydrogen-bond acceptors (Lipinski definition) is 4. The summed E-state index contributed by atoms with van der Waals surface area (Å²) in [6.07, 6.45) is 0.735. The second kappa shape index (κ2) is 4.87. The smallest absolute Gasteiger partial charge is 0.277 e. The predicted molar refractivity (Wildman–Crippen MR) is 81.1 cm³/mol. The van der Waals surface area contributed by atoms with E-state index in [4.69, 9.17) is 4.74 Å². The molecule has 0 radical (unpaired) electrons. The molecule has 0 N–H and O–H groups in total. The average Bonchev–Trinajstić information content (AvgIpc) is 2.85. The molecule has 0 saturated carbocycles. The molecule has 3 heterocycles. The largest absolute Gasteiger partial charge is 0.481 e. The maximum Gasteiger partial charge on any atom is 0.277 e. The van der Waals surface area contributed by atoms with E-state index in [1.165, 1.54) is 0 Å². The van der Waals surface area contributed by atoms with Crippen LogP contribution in [0.2, 0.25) is 0 Å². The zero-order valence-corrected chi connectivity index (χ0v) is 12.7. The average molecular weight is 286 g/mol. The maximum absolute atomic E-state index is 12.7. The summed E-state index contributed by atoms with van der Waals surface area (Å²) in [5, 5.41) is 0. The van der Waals surface area contributed by atoms with Crippen molar-refractivity contribution in [1.82, 2.24) is 18.9 Å². The van der Waals surface area contributed by atoms with Crippen molar-refractivity contribution in [3.05, 3.63) is 34.0 Å². The lowest BCUT2D eigenvalue weighted by Crippen LogP contribution is -2.23. The summed E-state index contributed by atoms with van der Waals surface area (Å²) >= 11 is 0. The Morgan fingerprint density at radius 3 is 2.62 bits per heavy atom. The van der Waals surface area contributed by atoms with E-state index in [9.17, 15) is 4.79 Å². The summed E-state index contributed by atoms with van der Waals surface area (Å²) in [6, 6.07) is 3.65. The number of rotatable bonds is 3. The first kappa shape index (κ1) is 13.6. The van der Waals surface area contributed by atoms with Gasteiger partial charge in [0.05, 0.1) is 18.3 Å². The highest BCUT2D eigenvalue weighted by atomic mass is 16.5. The van der Waals surface area contributed by atoms with Gasteiger partial charge in [-0.1, -0.05) is 6.92 Å². The minimum absolute atomic E-state index is 0.0262. The highest BCUT2D eigenvalue weighted by Crippen LogP contribution is 2.20. The van der Waals surface area contributed by atoms with Crippen molar-refractivity contribution in [1.29, 1.82) is 0 Å². The summed E-state index contributed by atoms with van der Waals surface area (Å²) in [7, 11) is 1.58. The molecule has 0 atom stereocenters. The van der Waals surface area contributed by atoms with Crippen molar-refractivity contribution >= 4 is 16.7 Å². The Morgan fingerprint density at radius 1 is 1.24 bits per heavy atom. The van der Waals surface area contributed by atoms with E-state index in [0.717, 1.165) is 23.5 Å². The van der Waals surface area contributed by atoms with Crippen LogP contribution in [0.25, 0.3) is 16.7 Å². The van der Waals surface area contributed by atoms with Crippen LogP contribution in [0.5, 0.6) is 5.88 Å². The summed E-state index contributed by atoms with van der Waals surface area (Å²) in [5.41, 5.74) is 2.82. The minimum Gasteiger partial charge on any atom is -0.481 e. The highest BCUT2D eigenvalue weighted by molar-refractivity contribution is 5.77. The molecule has 0 saturated heterocycles. The van der Waals surface area contributed by atoms with Crippen molar-refractivity contribution < 1.29 is 4.74 Å². The Morgan fingerprint density at radius 2 is 2.00 bits per heavy atom. The van der Waals surface area contributed by atoms with Crippen LogP contribution in [0.3, 0.4) is 0 Å². The van der Waals surface area contributed by atoms with Gasteiger partial charge in [-0.15, -0.1) is 0 Å². The standard InChI is InChI=1S/C15H18N4O2/c1-5-11-16-9(3)13-15(20)18(6-2)10-7-8-12(21-4)17-14(10)19(11)13/h7-8H,5-6H2,1-4H3. The Balaban J connectivity index is 2.63. The van der Waals surface area contributed by atoms with Crippen LogP contribution in [-0.2, 0) is 13.0 Å². The molecule has 6 heteroatoms. The molecule has 0 bridgehead atoms. The van der Waals surface area contributed by atoms with Crippen LogP contribution >= 0.6 is 0 Å². The van der Waals surface area contributed by atoms with E-state index in [0.29, 0.717) is 23.6 Å². The van der Waals surface area contributed by atoms with E-state index in [1.807, 2.05) is 31.2 Å². The van der Waals surface area contributed by atoms with Crippen molar-refractivity contribution in [2.45, 2.75) is 33.7 Å². The maximum atomic E-state index is 12.7. The van der Waals surface area contributed by atoms with Gasteiger partial charge in [-0.05, 0) is 19.9 Å². The molecule has 6 nitrogen and oxygen atoms in total. The van der Waals surface area contributed by atoms with Gasteiger partial charge in [0.15, 0.2) is 5.65 Å². The number of fused-ring (bicyclic) bond motifs is 3. The molecule has 0 aliphatic heterocycles. The van der Waals surface area contributed by atoms with Crippen LogP contribution in [0.4, 0.5) is 0 Å². The number of aryl methyl sites for hydroxylation is 3. The van der Waals surface area contributed by atoms with Crippen LogP contribution in [0.15, 0.2) is 16.9 Å². The fourth-order valence-electron chi connectivity index (χ4n) is 2.77. The molecule has 0 aliphatic rings. The number of imidazole rings is 1. The molecule has 3 aromatic heterocycles. The van der Waals surface area contributed by atoms with E-state index in [2.05, 4.69) is 9.97 Å².